The van der Waals surface area contributed by atoms with Crippen LogP contribution in [0.15, 0.2) is 60.9 Å². The number of piperidine rings is 2. The molecule has 2 aliphatic heterocycles. The highest BCUT2D eigenvalue weighted by atomic mass is 16.2. The summed E-state index contributed by atoms with van der Waals surface area (Å²) < 4.78 is 0. The number of rotatable bonds is 11. The molecular weight excluding hydrogens is 681 g/mol. The Morgan fingerprint density at radius 1 is 0.593 bits per heavy atom. The summed E-state index contributed by atoms with van der Waals surface area (Å²) in [4.78, 5) is 71.7. The Bertz CT molecular complexity index is 1920. The summed E-state index contributed by atoms with van der Waals surface area (Å²) in [6.07, 6.45) is 7.59. The number of carbonyl (C=O) groups excluding carboxylic acids is 4. The predicted molar refractivity (Wildman–Crippen MR) is 204 cm³/mol. The van der Waals surface area contributed by atoms with Crippen LogP contribution >= 0.6 is 0 Å². The molecule has 2 saturated carbocycles. The van der Waals surface area contributed by atoms with Gasteiger partial charge in [-0.1, -0.05) is 76.2 Å². The maximum Gasteiger partial charge on any atom is 0.246 e. The topological polar surface area (TPSA) is 156 Å². The van der Waals surface area contributed by atoms with Crippen LogP contribution in [0.25, 0.3) is 33.6 Å². The van der Waals surface area contributed by atoms with Gasteiger partial charge in [-0.2, -0.15) is 0 Å². The van der Waals surface area contributed by atoms with E-state index in [1.807, 2.05) is 49.9 Å². The lowest BCUT2D eigenvalue weighted by molar-refractivity contribution is -0.139. The van der Waals surface area contributed by atoms with Crippen molar-refractivity contribution in [2.45, 2.75) is 103 Å². The maximum absolute atomic E-state index is 13.7. The molecule has 0 bridgehead atoms. The van der Waals surface area contributed by atoms with Gasteiger partial charge < -0.3 is 30.4 Å². The SMILES string of the molecule is CC(=O)N[C@@H](C(=O)N1[C@@H]2CC2C[C@H]1c1nc(-c2ccc(-c3ccc(-c4c[nH]c([C@@H]5C[C@H]6C[C@H]6N5C(=O)[C@H](NC(C)=O)C(C)C)n4)cc3)cc2)c[nH]1)C(C)C. The van der Waals surface area contributed by atoms with E-state index in [-0.39, 0.29) is 59.6 Å². The van der Waals surface area contributed by atoms with Crippen molar-refractivity contribution < 1.29 is 19.2 Å². The van der Waals surface area contributed by atoms with Crippen molar-refractivity contribution in [2.24, 2.45) is 23.7 Å². The van der Waals surface area contributed by atoms with Gasteiger partial charge in [0.15, 0.2) is 0 Å². The molecule has 0 radical (unpaired) electrons. The van der Waals surface area contributed by atoms with Crippen LogP contribution in [0, 0.1) is 23.7 Å². The van der Waals surface area contributed by atoms with Gasteiger partial charge in [0.05, 0.1) is 23.5 Å². The van der Waals surface area contributed by atoms with Crippen molar-refractivity contribution >= 4 is 23.6 Å². The molecule has 12 nitrogen and oxygen atoms in total. The van der Waals surface area contributed by atoms with Crippen LogP contribution in [0.4, 0.5) is 0 Å². The lowest BCUT2D eigenvalue weighted by atomic mass is 10.0. The smallest absolute Gasteiger partial charge is 0.246 e. The van der Waals surface area contributed by atoms with Crippen LogP contribution in [-0.4, -0.2) is 77.5 Å². The standard InChI is InChI=1S/C42H50N8O4/c1-21(2)37(45-23(5)51)41(53)49-33-15-29(33)17-35(49)39-43-19-31(47-39)27-11-7-25(8-12-27)26-9-13-28(14-10-26)32-20-44-40(48-32)36-18-30-16-34(30)50(36)42(54)38(22(3)4)46-24(6)52/h7-14,19-22,29-30,33-38H,15-18H2,1-6H3,(H,43,47)(H,44,48)(H,45,51)(H,46,52)/t29-,30?,33-,34-,35+,36+,37-,38-/m1/s1. The quantitative estimate of drug-likeness (QED) is 0.153. The number of carbonyl (C=O) groups is 4. The first kappa shape index (κ1) is 35.8. The second-order valence-corrected chi connectivity index (χ2v) is 16.5. The van der Waals surface area contributed by atoms with E-state index < -0.39 is 12.1 Å². The van der Waals surface area contributed by atoms with Gasteiger partial charge in [0.2, 0.25) is 23.6 Å². The summed E-state index contributed by atoms with van der Waals surface area (Å²) in [5.41, 5.74) is 5.77. The summed E-state index contributed by atoms with van der Waals surface area (Å²) in [5.74, 6) is 2.05. The van der Waals surface area contributed by atoms with Crippen molar-refractivity contribution in [1.29, 1.82) is 0 Å². The van der Waals surface area contributed by atoms with E-state index in [4.69, 9.17) is 9.97 Å². The molecule has 1 unspecified atom stereocenters. The average Bonchev–Trinajstić information content (AvgIpc) is 3.74. The number of aromatic amines is 2. The summed E-state index contributed by atoms with van der Waals surface area (Å²) in [6.45, 7) is 10.8. The molecule has 2 aromatic carbocycles. The third-order valence-corrected chi connectivity index (χ3v) is 11.8. The molecule has 0 spiro atoms. The number of amides is 4. The fourth-order valence-corrected chi connectivity index (χ4v) is 8.80. The van der Waals surface area contributed by atoms with Crippen molar-refractivity contribution in [3.8, 4) is 33.6 Å². The zero-order valence-electron chi connectivity index (χ0n) is 31.8. The third kappa shape index (κ3) is 6.71. The Kier molecular flexibility index (Phi) is 9.18. The molecule has 8 rings (SSSR count). The van der Waals surface area contributed by atoms with Gasteiger partial charge in [-0.05, 0) is 60.5 Å². The molecule has 4 N–H and O–H groups in total. The largest absolute Gasteiger partial charge is 0.346 e. The minimum atomic E-state index is -0.553. The van der Waals surface area contributed by atoms with Gasteiger partial charge in [-0.15, -0.1) is 0 Å². The van der Waals surface area contributed by atoms with Crippen molar-refractivity contribution in [1.82, 2.24) is 40.4 Å². The number of hydrogen-bond donors (Lipinski definition) is 4. The van der Waals surface area contributed by atoms with Gasteiger partial charge in [0.1, 0.15) is 23.7 Å². The fourth-order valence-electron chi connectivity index (χ4n) is 8.80. The number of H-pyrrole nitrogens is 2. The predicted octanol–water partition coefficient (Wildman–Crippen LogP) is 5.78. The summed E-state index contributed by atoms with van der Waals surface area (Å²) in [7, 11) is 0. The van der Waals surface area contributed by atoms with Gasteiger partial charge in [0, 0.05) is 49.5 Å². The number of fused-ring (bicyclic) bond motifs is 2. The Labute approximate surface area is 315 Å². The van der Waals surface area contributed by atoms with Crippen molar-refractivity contribution in [3.05, 3.63) is 72.6 Å². The molecule has 2 saturated heterocycles. The van der Waals surface area contributed by atoms with E-state index in [1.165, 1.54) is 13.8 Å². The molecule has 4 heterocycles. The van der Waals surface area contributed by atoms with Crippen LogP contribution in [-0.2, 0) is 19.2 Å². The van der Waals surface area contributed by atoms with E-state index >= 15 is 0 Å². The van der Waals surface area contributed by atoms with Crippen LogP contribution in [0.3, 0.4) is 0 Å². The molecule has 2 aromatic heterocycles. The molecule has 4 fully saturated rings. The maximum atomic E-state index is 13.7. The van der Waals surface area contributed by atoms with E-state index in [0.29, 0.717) is 11.8 Å². The lowest BCUT2D eigenvalue weighted by Gasteiger charge is -2.32. The number of likely N-dealkylation sites (tertiary alicyclic amines) is 2. The molecular formula is C42H50N8O4. The van der Waals surface area contributed by atoms with Gasteiger partial charge in [-0.3, -0.25) is 19.2 Å². The van der Waals surface area contributed by atoms with E-state index in [9.17, 15) is 19.2 Å². The number of aromatic nitrogens is 4. The highest BCUT2D eigenvalue weighted by molar-refractivity contribution is 5.89. The molecule has 54 heavy (non-hydrogen) atoms. The number of nitrogens with zero attached hydrogens (tertiary/aromatic N) is 4. The van der Waals surface area contributed by atoms with Crippen molar-refractivity contribution in [2.75, 3.05) is 0 Å². The zero-order valence-corrected chi connectivity index (χ0v) is 31.8. The zero-order chi connectivity index (χ0) is 38.0. The first-order chi connectivity index (χ1) is 25.9. The normalized spacial score (nSPS) is 25.0. The van der Waals surface area contributed by atoms with E-state index in [1.54, 1.807) is 0 Å². The fraction of sp³-hybridized carbons (Fsp3) is 0.476. The highest BCUT2D eigenvalue weighted by Crippen LogP contribution is 2.54. The number of hydrogen-bond acceptors (Lipinski definition) is 6. The summed E-state index contributed by atoms with van der Waals surface area (Å²) >= 11 is 0. The van der Waals surface area contributed by atoms with Gasteiger partial charge >= 0.3 is 0 Å². The second-order valence-electron chi connectivity index (χ2n) is 16.5. The van der Waals surface area contributed by atoms with Crippen molar-refractivity contribution in [3.63, 3.8) is 0 Å². The van der Waals surface area contributed by atoms with Crippen LogP contribution in [0.1, 0.15) is 91.0 Å². The van der Waals surface area contributed by atoms with Crippen LogP contribution < -0.4 is 10.6 Å². The second kappa shape index (κ2) is 13.9. The monoisotopic (exact) mass is 730 g/mol. The number of nitrogens with one attached hydrogen (secondary N) is 4. The molecule has 4 amide bonds. The molecule has 282 valence electrons. The average molecular weight is 731 g/mol. The highest BCUT2D eigenvalue weighted by Gasteiger charge is 2.57. The summed E-state index contributed by atoms with van der Waals surface area (Å²) in [6, 6.07) is 15.7. The number of imidazole rings is 2. The van der Waals surface area contributed by atoms with Gasteiger partial charge in [0.25, 0.3) is 0 Å². The minimum Gasteiger partial charge on any atom is -0.346 e. The Morgan fingerprint density at radius 3 is 1.28 bits per heavy atom. The van der Waals surface area contributed by atoms with E-state index in [0.717, 1.165) is 71.0 Å². The first-order valence-corrected chi connectivity index (χ1v) is 19.4. The molecule has 4 aromatic rings. The van der Waals surface area contributed by atoms with E-state index in [2.05, 4.69) is 69.1 Å². The molecule has 8 atom stereocenters. The third-order valence-electron chi connectivity index (χ3n) is 11.8. The Hall–Kier alpha value is -5.26. The Morgan fingerprint density at radius 2 is 0.944 bits per heavy atom. The van der Waals surface area contributed by atoms with Crippen LogP contribution in [0.2, 0.25) is 0 Å². The lowest BCUT2D eigenvalue weighted by Crippen LogP contribution is -2.51. The van der Waals surface area contributed by atoms with Gasteiger partial charge in [-0.25, -0.2) is 9.97 Å². The summed E-state index contributed by atoms with van der Waals surface area (Å²) in [5, 5.41) is 5.74. The minimum absolute atomic E-state index is 0.0156. The molecule has 4 aliphatic rings. The molecule has 12 heteroatoms. The number of benzene rings is 2. The molecule has 2 aliphatic carbocycles. The first-order valence-electron chi connectivity index (χ1n) is 19.4. The van der Waals surface area contributed by atoms with Crippen LogP contribution in [0.5, 0.6) is 0 Å². The Balaban J connectivity index is 0.936.